The predicted molar refractivity (Wildman–Crippen MR) is 76.3 cm³/mol. The molecule has 1 atom stereocenters. The smallest absolute Gasteiger partial charge is 0.324 e. The fourth-order valence-electron chi connectivity index (χ4n) is 3.08. The summed E-state index contributed by atoms with van der Waals surface area (Å²) in [6, 6.07) is 4.41. The largest absolute Gasteiger partial charge is 0.480 e. The highest BCUT2D eigenvalue weighted by molar-refractivity contribution is 6.30. The summed E-state index contributed by atoms with van der Waals surface area (Å²) >= 11 is 5.90. The Balaban J connectivity index is 2.26. The molecule has 1 heterocycles. The van der Waals surface area contributed by atoms with E-state index in [1.807, 2.05) is 11.8 Å². The van der Waals surface area contributed by atoms with Crippen LogP contribution in [0.25, 0.3) is 0 Å². The van der Waals surface area contributed by atoms with Crippen LogP contribution in [0.5, 0.6) is 0 Å². The van der Waals surface area contributed by atoms with Crippen molar-refractivity contribution in [1.82, 2.24) is 4.90 Å². The fraction of sp³-hybridized carbons (Fsp3) is 0.533. The van der Waals surface area contributed by atoms with Gasteiger partial charge in [-0.2, -0.15) is 0 Å². The van der Waals surface area contributed by atoms with Crippen molar-refractivity contribution in [1.29, 1.82) is 0 Å². The van der Waals surface area contributed by atoms with Crippen LogP contribution in [0.4, 0.5) is 4.39 Å². The van der Waals surface area contributed by atoms with Gasteiger partial charge in [-0.25, -0.2) is 4.39 Å². The number of carboxylic acids is 1. The van der Waals surface area contributed by atoms with Gasteiger partial charge in [-0.05, 0) is 44.0 Å². The summed E-state index contributed by atoms with van der Waals surface area (Å²) in [6.07, 6.45) is 2.83. The minimum Gasteiger partial charge on any atom is -0.480 e. The number of hydrogen-bond donors (Lipinski definition) is 1. The van der Waals surface area contributed by atoms with Crippen molar-refractivity contribution in [2.45, 2.75) is 44.7 Å². The Morgan fingerprint density at radius 2 is 2.30 bits per heavy atom. The van der Waals surface area contributed by atoms with Gasteiger partial charge in [-0.15, -0.1) is 0 Å². The van der Waals surface area contributed by atoms with E-state index in [2.05, 4.69) is 0 Å². The molecule has 1 unspecified atom stereocenters. The minimum atomic E-state index is -0.858. The second-order valence-corrected chi connectivity index (χ2v) is 5.78. The average molecular weight is 300 g/mol. The van der Waals surface area contributed by atoms with E-state index in [-0.39, 0.29) is 5.82 Å². The van der Waals surface area contributed by atoms with Gasteiger partial charge in [0.1, 0.15) is 11.4 Å². The lowest BCUT2D eigenvalue weighted by atomic mass is 9.90. The molecule has 1 N–H and O–H groups in total. The van der Waals surface area contributed by atoms with Crippen LogP contribution >= 0.6 is 11.6 Å². The van der Waals surface area contributed by atoms with Crippen LogP contribution in [-0.2, 0) is 11.3 Å². The summed E-state index contributed by atoms with van der Waals surface area (Å²) in [6.45, 7) is 2.94. The first-order chi connectivity index (χ1) is 9.49. The van der Waals surface area contributed by atoms with Crippen molar-refractivity contribution in [3.8, 4) is 0 Å². The molecule has 0 aromatic heterocycles. The molecule has 1 aliphatic heterocycles. The average Bonchev–Trinajstić information content (AvgIpc) is 2.79. The van der Waals surface area contributed by atoms with Crippen LogP contribution in [0.2, 0.25) is 5.02 Å². The Morgan fingerprint density at radius 3 is 2.95 bits per heavy atom. The first-order valence-corrected chi connectivity index (χ1v) is 7.30. The Morgan fingerprint density at radius 1 is 1.55 bits per heavy atom. The van der Waals surface area contributed by atoms with Crippen molar-refractivity contribution >= 4 is 17.6 Å². The molecule has 1 saturated heterocycles. The van der Waals surface area contributed by atoms with Crippen molar-refractivity contribution in [2.24, 2.45) is 0 Å². The summed E-state index contributed by atoms with van der Waals surface area (Å²) < 4.78 is 13.8. The molecule has 1 aromatic rings. The van der Waals surface area contributed by atoms with Gasteiger partial charge in [0.05, 0.1) is 0 Å². The number of likely N-dealkylation sites (tertiary alicyclic amines) is 1. The number of halogens is 2. The molecule has 0 spiro atoms. The number of carbonyl (C=O) groups is 1. The van der Waals surface area contributed by atoms with Crippen LogP contribution in [0.15, 0.2) is 18.2 Å². The molecule has 1 fully saturated rings. The summed E-state index contributed by atoms with van der Waals surface area (Å²) in [5.41, 5.74) is -0.398. The minimum absolute atomic E-state index is 0.290. The summed E-state index contributed by atoms with van der Waals surface area (Å²) in [7, 11) is 0. The standard InChI is InChI=1S/C15H19ClFNO2/c1-2-6-15(14(19)20)7-3-8-18(15)10-11-9-12(16)4-5-13(11)17/h4-5,9H,2-3,6-8,10H2,1H3,(H,19,20). The third kappa shape index (κ3) is 2.81. The van der Waals surface area contributed by atoms with Crippen molar-refractivity contribution in [3.63, 3.8) is 0 Å². The number of hydrogen-bond acceptors (Lipinski definition) is 2. The molecule has 20 heavy (non-hydrogen) atoms. The van der Waals surface area contributed by atoms with Crippen molar-refractivity contribution < 1.29 is 14.3 Å². The van der Waals surface area contributed by atoms with Gasteiger partial charge in [-0.3, -0.25) is 9.69 Å². The van der Waals surface area contributed by atoms with Crippen LogP contribution in [0.1, 0.15) is 38.2 Å². The summed E-state index contributed by atoms with van der Waals surface area (Å²) in [4.78, 5) is 13.6. The number of rotatable bonds is 5. The molecular weight excluding hydrogens is 281 g/mol. The van der Waals surface area contributed by atoms with Gasteiger partial charge in [0, 0.05) is 17.1 Å². The normalized spacial score (nSPS) is 23.1. The van der Waals surface area contributed by atoms with Crippen LogP contribution in [-0.4, -0.2) is 28.1 Å². The highest BCUT2D eigenvalue weighted by atomic mass is 35.5. The zero-order valence-electron chi connectivity index (χ0n) is 11.5. The number of benzene rings is 1. The van der Waals surface area contributed by atoms with E-state index in [1.54, 1.807) is 6.07 Å². The predicted octanol–water partition coefficient (Wildman–Crippen LogP) is 3.70. The lowest BCUT2D eigenvalue weighted by Gasteiger charge is -2.34. The van der Waals surface area contributed by atoms with Crippen LogP contribution in [0, 0.1) is 5.82 Å². The van der Waals surface area contributed by atoms with E-state index >= 15 is 0 Å². The lowest BCUT2D eigenvalue weighted by molar-refractivity contribution is -0.150. The molecule has 0 radical (unpaired) electrons. The van der Waals surface area contributed by atoms with E-state index in [1.165, 1.54) is 12.1 Å². The highest BCUT2D eigenvalue weighted by Crippen LogP contribution is 2.35. The SMILES string of the molecule is CCCC1(C(=O)O)CCCN1Cc1cc(Cl)ccc1F. The maximum atomic E-state index is 13.8. The molecule has 3 nitrogen and oxygen atoms in total. The quantitative estimate of drug-likeness (QED) is 0.901. The third-order valence-electron chi connectivity index (χ3n) is 4.05. The van der Waals surface area contributed by atoms with Gasteiger partial charge >= 0.3 is 5.97 Å². The molecule has 0 saturated carbocycles. The number of aliphatic carboxylic acids is 1. The zero-order chi connectivity index (χ0) is 14.8. The first kappa shape index (κ1) is 15.3. The lowest BCUT2D eigenvalue weighted by Crippen LogP contribution is -2.50. The molecule has 5 heteroatoms. The maximum Gasteiger partial charge on any atom is 0.324 e. The molecule has 0 amide bonds. The molecule has 1 aliphatic rings. The molecular formula is C15H19ClFNO2. The highest BCUT2D eigenvalue weighted by Gasteiger charge is 2.46. The number of nitrogens with zero attached hydrogens (tertiary/aromatic N) is 1. The van der Waals surface area contributed by atoms with Crippen LogP contribution in [0.3, 0.4) is 0 Å². The zero-order valence-corrected chi connectivity index (χ0v) is 12.3. The molecule has 0 bridgehead atoms. The molecule has 0 aliphatic carbocycles. The summed E-state index contributed by atoms with van der Waals surface area (Å²) in [5, 5.41) is 10.1. The van der Waals surface area contributed by atoms with Gasteiger partial charge in [-0.1, -0.05) is 24.9 Å². The van der Waals surface area contributed by atoms with Gasteiger partial charge < -0.3 is 5.11 Å². The van der Waals surface area contributed by atoms with E-state index in [9.17, 15) is 14.3 Å². The molecule has 1 aromatic carbocycles. The van der Waals surface area contributed by atoms with E-state index in [0.29, 0.717) is 36.5 Å². The Hall–Kier alpha value is -1.13. The Bertz CT molecular complexity index is 509. The van der Waals surface area contributed by atoms with Gasteiger partial charge in [0.15, 0.2) is 0 Å². The monoisotopic (exact) mass is 299 g/mol. The second kappa shape index (κ2) is 6.10. The maximum absolute atomic E-state index is 13.8. The molecule has 2 rings (SSSR count). The Kier molecular flexibility index (Phi) is 4.66. The van der Waals surface area contributed by atoms with Crippen molar-refractivity contribution in [3.05, 3.63) is 34.6 Å². The van der Waals surface area contributed by atoms with E-state index in [0.717, 1.165) is 12.8 Å². The molecule has 110 valence electrons. The van der Waals surface area contributed by atoms with Gasteiger partial charge in [0.2, 0.25) is 0 Å². The third-order valence-corrected chi connectivity index (χ3v) is 4.29. The first-order valence-electron chi connectivity index (χ1n) is 6.92. The summed E-state index contributed by atoms with van der Waals surface area (Å²) in [5.74, 6) is -1.14. The van der Waals surface area contributed by atoms with Crippen LogP contribution < -0.4 is 0 Å². The number of carboxylic acid groups (broad SMARTS) is 1. The fourth-order valence-corrected chi connectivity index (χ4v) is 3.28. The van der Waals surface area contributed by atoms with Crippen molar-refractivity contribution in [2.75, 3.05) is 6.54 Å². The Labute approximate surface area is 123 Å². The second-order valence-electron chi connectivity index (χ2n) is 5.35. The van der Waals surface area contributed by atoms with E-state index in [4.69, 9.17) is 11.6 Å². The van der Waals surface area contributed by atoms with Gasteiger partial charge in [0.25, 0.3) is 0 Å². The topological polar surface area (TPSA) is 40.5 Å². The van der Waals surface area contributed by atoms with E-state index < -0.39 is 11.5 Å².